The third kappa shape index (κ3) is 3.18. The van der Waals surface area contributed by atoms with Gasteiger partial charge < -0.3 is 9.97 Å². The lowest BCUT2D eigenvalue weighted by Gasteiger charge is -1.94. The van der Waals surface area contributed by atoms with Gasteiger partial charge in [0.2, 0.25) is 0 Å². The second-order valence-electron chi connectivity index (χ2n) is 6.02. The van der Waals surface area contributed by atoms with Crippen LogP contribution in [0.3, 0.4) is 0 Å². The number of hydrogen-bond acceptors (Lipinski definition) is 4. The molecule has 28 heavy (non-hydrogen) atoms. The number of nitriles is 2. The Morgan fingerprint density at radius 3 is 1.57 bits per heavy atom. The van der Waals surface area contributed by atoms with Crippen LogP contribution in [0.25, 0.3) is 21.8 Å². The third-order valence-electron chi connectivity index (χ3n) is 4.34. The Bertz CT molecular complexity index is 1230. The van der Waals surface area contributed by atoms with E-state index in [0.29, 0.717) is 0 Å². The van der Waals surface area contributed by atoms with Crippen LogP contribution in [0, 0.1) is 22.7 Å². The van der Waals surface area contributed by atoms with Crippen LogP contribution in [0.4, 0.5) is 0 Å². The summed E-state index contributed by atoms with van der Waals surface area (Å²) >= 11 is 0. The molecule has 2 aromatic heterocycles. The molecular formula is C22H14N6. The lowest BCUT2D eigenvalue weighted by molar-refractivity contribution is 1.27. The number of aromatic amines is 2. The fraction of sp³-hybridized carbons (Fsp3) is 0. The number of nitrogens with one attached hydrogen (secondary N) is 2. The molecule has 0 atom stereocenters. The van der Waals surface area contributed by atoms with Gasteiger partial charge in [-0.25, -0.2) is 9.98 Å². The highest BCUT2D eigenvalue weighted by Crippen LogP contribution is 2.18. The summed E-state index contributed by atoms with van der Waals surface area (Å²) in [6, 6.07) is 19.5. The van der Waals surface area contributed by atoms with Crippen molar-refractivity contribution in [1.29, 1.82) is 10.5 Å². The zero-order chi connectivity index (χ0) is 19.3. The number of fused-ring (bicyclic) bond motifs is 2. The van der Waals surface area contributed by atoms with Crippen molar-refractivity contribution in [3.8, 4) is 12.1 Å². The van der Waals surface area contributed by atoms with Gasteiger partial charge in [-0.3, -0.25) is 0 Å². The molecule has 4 rings (SSSR count). The monoisotopic (exact) mass is 362 g/mol. The van der Waals surface area contributed by atoms with Crippen molar-refractivity contribution in [3.05, 3.63) is 83.4 Å². The molecule has 132 valence electrons. The smallest absolute Gasteiger partial charge is 0.176 e. The van der Waals surface area contributed by atoms with E-state index in [4.69, 9.17) is 0 Å². The molecule has 0 aliphatic rings. The molecule has 6 heteroatoms. The molecule has 0 fully saturated rings. The topological polar surface area (TPSA) is 104 Å². The summed E-state index contributed by atoms with van der Waals surface area (Å²) in [5, 5.41) is 20.9. The highest BCUT2D eigenvalue weighted by molar-refractivity contribution is 6.00. The maximum absolute atomic E-state index is 9.44. The van der Waals surface area contributed by atoms with E-state index >= 15 is 0 Å². The number of aliphatic imine (C=N–C) groups is 2. The number of aromatic nitrogens is 2. The van der Waals surface area contributed by atoms with Crippen molar-refractivity contribution in [2.45, 2.75) is 0 Å². The van der Waals surface area contributed by atoms with Gasteiger partial charge in [0.05, 0.1) is 0 Å². The van der Waals surface area contributed by atoms with Crippen LogP contribution in [0.1, 0.15) is 11.1 Å². The molecule has 0 saturated heterocycles. The summed E-state index contributed by atoms with van der Waals surface area (Å²) in [6.45, 7) is 0. The van der Waals surface area contributed by atoms with Gasteiger partial charge in [0.1, 0.15) is 12.1 Å². The summed E-state index contributed by atoms with van der Waals surface area (Å²) in [4.78, 5) is 14.7. The van der Waals surface area contributed by atoms with Crippen molar-refractivity contribution < 1.29 is 0 Å². The van der Waals surface area contributed by atoms with E-state index in [2.05, 4.69) is 20.0 Å². The van der Waals surface area contributed by atoms with Gasteiger partial charge in [-0.15, -0.1) is 0 Å². The zero-order valence-corrected chi connectivity index (χ0v) is 14.7. The van der Waals surface area contributed by atoms with Gasteiger partial charge in [-0.05, 0) is 12.1 Å². The van der Waals surface area contributed by atoms with Crippen LogP contribution in [0.5, 0.6) is 0 Å². The quantitative estimate of drug-likeness (QED) is 0.414. The standard InChI is InChI=1S/C22H14N6/c23-9-21(27-13-15-11-25-19-7-3-1-5-17(15)19)22(10-24)28-14-16-12-26-20-8-4-2-6-18(16)20/h1-8,11-14,25-26H. The summed E-state index contributed by atoms with van der Waals surface area (Å²) in [6.07, 6.45) is 6.75. The van der Waals surface area contributed by atoms with E-state index in [1.54, 1.807) is 12.4 Å². The van der Waals surface area contributed by atoms with Crippen molar-refractivity contribution >= 4 is 34.2 Å². The minimum Gasteiger partial charge on any atom is -0.361 e. The van der Waals surface area contributed by atoms with Crippen LogP contribution in [-0.2, 0) is 0 Å². The second kappa shape index (κ2) is 7.45. The molecule has 0 unspecified atom stereocenters. The van der Waals surface area contributed by atoms with Crippen molar-refractivity contribution in [2.24, 2.45) is 9.98 Å². The first-order valence-corrected chi connectivity index (χ1v) is 8.55. The van der Waals surface area contributed by atoms with Crippen molar-refractivity contribution in [1.82, 2.24) is 9.97 Å². The molecule has 0 aliphatic carbocycles. The minimum atomic E-state index is -0.0381. The fourth-order valence-electron chi connectivity index (χ4n) is 2.96. The average Bonchev–Trinajstić information content (AvgIpc) is 3.35. The summed E-state index contributed by atoms with van der Waals surface area (Å²) in [7, 11) is 0. The van der Waals surface area contributed by atoms with E-state index in [1.165, 1.54) is 0 Å². The van der Waals surface area contributed by atoms with Gasteiger partial charge in [-0.1, -0.05) is 36.4 Å². The van der Waals surface area contributed by atoms with Crippen LogP contribution < -0.4 is 0 Å². The van der Waals surface area contributed by atoms with Crippen LogP contribution in [0.15, 0.2) is 82.3 Å². The molecule has 6 nitrogen and oxygen atoms in total. The Balaban J connectivity index is 1.67. The number of benzene rings is 2. The normalized spacial score (nSPS) is 12.5. The molecule has 2 N–H and O–H groups in total. The van der Waals surface area contributed by atoms with E-state index in [-0.39, 0.29) is 11.4 Å². The molecule has 2 aromatic carbocycles. The van der Waals surface area contributed by atoms with E-state index < -0.39 is 0 Å². The first-order valence-electron chi connectivity index (χ1n) is 8.55. The molecule has 2 heterocycles. The number of para-hydroxylation sites is 2. The molecule has 0 spiro atoms. The predicted molar refractivity (Wildman–Crippen MR) is 110 cm³/mol. The summed E-state index contributed by atoms with van der Waals surface area (Å²) in [5.74, 6) is 0. The van der Waals surface area contributed by atoms with Crippen LogP contribution in [-0.4, -0.2) is 22.4 Å². The molecule has 4 aromatic rings. The number of nitrogens with zero attached hydrogens (tertiary/aromatic N) is 4. The fourth-order valence-corrected chi connectivity index (χ4v) is 2.96. The second-order valence-corrected chi connectivity index (χ2v) is 6.02. The number of rotatable bonds is 4. The van der Waals surface area contributed by atoms with Crippen molar-refractivity contribution in [3.63, 3.8) is 0 Å². The number of H-pyrrole nitrogens is 2. The Morgan fingerprint density at radius 1 is 0.714 bits per heavy atom. The average molecular weight is 362 g/mol. The third-order valence-corrected chi connectivity index (χ3v) is 4.34. The lowest BCUT2D eigenvalue weighted by Crippen LogP contribution is -1.87. The van der Waals surface area contributed by atoms with Crippen LogP contribution >= 0.6 is 0 Å². The number of allylic oxidation sites excluding steroid dienone is 2. The van der Waals surface area contributed by atoms with Gasteiger partial charge in [0.15, 0.2) is 11.4 Å². The van der Waals surface area contributed by atoms with Crippen LogP contribution in [0.2, 0.25) is 0 Å². The van der Waals surface area contributed by atoms with E-state index in [1.807, 2.05) is 73.1 Å². The molecule has 0 bridgehead atoms. The molecule has 0 saturated carbocycles. The van der Waals surface area contributed by atoms with Gasteiger partial charge in [-0.2, -0.15) is 10.5 Å². The number of hydrogen-bond donors (Lipinski definition) is 2. The Kier molecular flexibility index (Phi) is 4.53. The van der Waals surface area contributed by atoms with E-state index in [9.17, 15) is 10.5 Å². The maximum Gasteiger partial charge on any atom is 0.176 e. The summed E-state index contributed by atoms with van der Waals surface area (Å²) < 4.78 is 0. The highest BCUT2D eigenvalue weighted by Gasteiger charge is 2.06. The van der Waals surface area contributed by atoms with Gasteiger partial charge in [0.25, 0.3) is 0 Å². The van der Waals surface area contributed by atoms with E-state index in [0.717, 1.165) is 32.9 Å². The Labute approximate surface area is 160 Å². The van der Waals surface area contributed by atoms with Crippen molar-refractivity contribution in [2.75, 3.05) is 0 Å². The molecule has 0 amide bonds. The maximum atomic E-state index is 9.44. The molecular weight excluding hydrogens is 348 g/mol. The molecule has 0 radical (unpaired) electrons. The lowest BCUT2D eigenvalue weighted by atomic mass is 10.2. The molecule has 0 aliphatic heterocycles. The van der Waals surface area contributed by atoms with Gasteiger partial charge >= 0.3 is 0 Å². The Hall–Kier alpha value is -4.42. The highest BCUT2D eigenvalue weighted by atomic mass is 14.8. The SMILES string of the molecule is N#CC(N=Cc1c[nH]c2ccccc12)=C(C#N)N=Cc1c[nH]c2ccccc12. The summed E-state index contributed by atoms with van der Waals surface area (Å²) in [5.41, 5.74) is 3.55. The predicted octanol–water partition coefficient (Wildman–Crippen LogP) is 4.45. The first-order chi connectivity index (χ1) is 13.8. The Morgan fingerprint density at radius 2 is 1.14 bits per heavy atom. The largest absolute Gasteiger partial charge is 0.361 e. The zero-order valence-electron chi connectivity index (χ0n) is 14.7. The minimum absolute atomic E-state index is 0.0381. The first kappa shape index (κ1) is 17.0. The van der Waals surface area contributed by atoms with Gasteiger partial charge in [0, 0.05) is 57.8 Å².